The Kier molecular flexibility index (Phi) is 5.95. The molecule has 148 valence electrons. The van der Waals surface area contributed by atoms with Crippen LogP contribution in [0.5, 0.6) is 0 Å². The Hall–Kier alpha value is -3.06. The summed E-state index contributed by atoms with van der Waals surface area (Å²) in [4.78, 5) is 18.0. The van der Waals surface area contributed by atoms with Crippen LogP contribution in [0.15, 0.2) is 72.1 Å². The molecule has 0 radical (unpaired) electrons. The molecule has 4 aromatic rings. The number of carbonyl (C=O) groups excluding carboxylic acids is 1. The normalized spacial score (nSPS) is 11.1. The first-order valence-corrected chi connectivity index (χ1v) is 10.6. The monoisotopic (exact) mass is 405 g/mol. The van der Waals surface area contributed by atoms with Gasteiger partial charge >= 0.3 is 0 Å². The highest BCUT2D eigenvalue weighted by molar-refractivity contribution is 7.98. The van der Waals surface area contributed by atoms with E-state index in [1.807, 2.05) is 77.1 Å². The second-order valence-electron chi connectivity index (χ2n) is 6.90. The highest BCUT2D eigenvalue weighted by atomic mass is 32.2. The first-order valence-electron chi connectivity index (χ1n) is 9.60. The lowest BCUT2D eigenvalue weighted by molar-refractivity contribution is 0.0952. The second-order valence-corrected chi connectivity index (χ2v) is 7.95. The topological polar surface area (TPSA) is 64.2 Å². The summed E-state index contributed by atoms with van der Waals surface area (Å²) in [5, 5.41) is 7.22. The number of amides is 1. The summed E-state index contributed by atoms with van der Waals surface area (Å²) in [6, 6.07) is 13.7. The van der Waals surface area contributed by atoms with E-state index in [9.17, 15) is 4.79 Å². The van der Waals surface area contributed by atoms with Crippen LogP contribution < -0.4 is 5.32 Å². The van der Waals surface area contributed by atoms with Crippen molar-refractivity contribution in [3.63, 3.8) is 0 Å². The fourth-order valence-electron chi connectivity index (χ4n) is 3.05. The van der Waals surface area contributed by atoms with E-state index in [-0.39, 0.29) is 5.91 Å². The third-order valence-corrected chi connectivity index (χ3v) is 5.57. The summed E-state index contributed by atoms with van der Waals surface area (Å²) < 4.78 is 3.92. The van der Waals surface area contributed by atoms with Gasteiger partial charge in [-0.2, -0.15) is 5.10 Å². The molecule has 6 nitrogen and oxygen atoms in total. The SMILES string of the molecule is Cc1cnn(CCCNC(=O)c2ccc(SCc3cn4ccccc4n3)cc2)c1. The molecule has 7 heteroatoms. The number of nitrogens with zero attached hydrogens (tertiary/aromatic N) is 4. The van der Waals surface area contributed by atoms with Crippen LogP contribution in [0.3, 0.4) is 0 Å². The number of pyridine rings is 1. The fraction of sp³-hybridized carbons (Fsp3) is 0.227. The summed E-state index contributed by atoms with van der Waals surface area (Å²) in [6.07, 6.45) is 8.74. The van der Waals surface area contributed by atoms with Crippen molar-refractivity contribution in [3.8, 4) is 0 Å². The lowest BCUT2D eigenvalue weighted by atomic mass is 10.2. The predicted molar refractivity (Wildman–Crippen MR) is 115 cm³/mol. The zero-order valence-corrected chi connectivity index (χ0v) is 17.1. The van der Waals surface area contributed by atoms with Crippen molar-refractivity contribution in [1.29, 1.82) is 0 Å². The largest absolute Gasteiger partial charge is 0.352 e. The predicted octanol–water partition coefficient (Wildman–Crippen LogP) is 3.95. The summed E-state index contributed by atoms with van der Waals surface area (Å²) in [7, 11) is 0. The van der Waals surface area contributed by atoms with Gasteiger partial charge in [0.2, 0.25) is 0 Å². The van der Waals surface area contributed by atoms with Gasteiger partial charge in [-0.1, -0.05) is 6.07 Å². The van der Waals surface area contributed by atoms with Crippen molar-refractivity contribution < 1.29 is 4.79 Å². The molecule has 0 spiro atoms. The number of benzene rings is 1. The Bertz CT molecular complexity index is 1070. The van der Waals surface area contributed by atoms with Gasteiger partial charge in [-0.15, -0.1) is 11.8 Å². The Morgan fingerprint density at radius 1 is 1.14 bits per heavy atom. The minimum atomic E-state index is -0.0430. The van der Waals surface area contributed by atoms with Gasteiger partial charge < -0.3 is 9.72 Å². The summed E-state index contributed by atoms with van der Waals surface area (Å²) in [6.45, 7) is 3.44. The van der Waals surface area contributed by atoms with Crippen LogP contribution in [-0.2, 0) is 12.3 Å². The molecule has 1 aromatic carbocycles. The molecule has 3 heterocycles. The molecule has 1 amide bonds. The molecule has 0 saturated heterocycles. The van der Waals surface area contributed by atoms with Crippen LogP contribution >= 0.6 is 11.8 Å². The van der Waals surface area contributed by atoms with Crippen molar-refractivity contribution in [2.75, 3.05) is 6.54 Å². The van der Waals surface area contributed by atoms with Gasteiger partial charge in [0.05, 0.1) is 11.9 Å². The number of hydrogen-bond acceptors (Lipinski definition) is 4. The number of carbonyl (C=O) groups is 1. The maximum atomic E-state index is 12.3. The Morgan fingerprint density at radius 3 is 2.76 bits per heavy atom. The molecule has 1 N–H and O–H groups in total. The highest BCUT2D eigenvalue weighted by Crippen LogP contribution is 2.23. The molecule has 0 aliphatic heterocycles. The second kappa shape index (κ2) is 8.96. The lowest BCUT2D eigenvalue weighted by Crippen LogP contribution is -2.25. The van der Waals surface area contributed by atoms with Crippen LogP contribution in [-0.4, -0.2) is 31.6 Å². The Morgan fingerprint density at radius 2 is 2.00 bits per heavy atom. The minimum Gasteiger partial charge on any atom is -0.352 e. The van der Waals surface area contributed by atoms with Gasteiger partial charge in [0.1, 0.15) is 5.65 Å². The lowest BCUT2D eigenvalue weighted by Gasteiger charge is -2.06. The molecule has 0 aliphatic carbocycles. The maximum absolute atomic E-state index is 12.3. The summed E-state index contributed by atoms with van der Waals surface area (Å²) in [5.41, 5.74) is 3.82. The Balaban J connectivity index is 1.24. The summed E-state index contributed by atoms with van der Waals surface area (Å²) in [5.74, 6) is 0.749. The van der Waals surface area contributed by atoms with E-state index >= 15 is 0 Å². The number of imidazole rings is 1. The average molecular weight is 406 g/mol. The molecule has 4 rings (SSSR count). The van der Waals surface area contributed by atoms with E-state index in [4.69, 9.17) is 0 Å². The number of aryl methyl sites for hydroxylation is 2. The van der Waals surface area contributed by atoms with Crippen LogP contribution in [0.2, 0.25) is 0 Å². The van der Waals surface area contributed by atoms with Crippen LogP contribution in [0.1, 0.15) is 28.0 Å². The van der Waals surface area contributed by atoms with E-state index in [0.29, 0.717) is 12.1 Å². The van der Waals surface area contributed by atoms with Gasteiger partial charge in [-0.05, 0) is 55.3 Å². The van der Waals surface area contributed by atoms with E-state index in [1.165, 1.54) is 0 Å². The van der Waals surface area contributed by atoms with Crippen molar-refractivity contribution in [2.45, 2.75) is 30.5 Å². The third kappa shape index (κ3) is 5.06. The Labute approximate surface area is 174 Å². The van der Waals surface area contributed by atoms with Crippen LogP contribution in [0, 0.1) is 6.92 Å². The molecule has 0 saturated carbocycles. The van der Waals surface area contributed by atoms with E-state index in [2.05, 4.69) is 21.6 Å². The van der Waals surface area contributed by atoms with Crippen molar-refractivity contribution in [1.82, 2.24) is 24.5 Å². The first-order chi connectivity index (χ1) is 14.2. The zero-order valence-electron chi connectivity index (χ0n) is 16.3. The van der Waals surface area contributed by atoms with E-state index in [1.54, 1.807) is 11.8 Å². The maximum Gasteiger partial charge on any atom is 0.251 e. The van der Waals surface area contributed by atoms with Gasteiger partial charge in [0, 0.05) is 47.9 Å². The smallest absolute Gasteiger partial charge is 0.251 e. The van der Waals surface area contributed by atoms with Gasteiger partial charge in [-0.25, -0.2) is 4.98 Å². The van der Waals surface area contributed by atoms with Gasteiger partial charge in [0.25, 0.3) is 5.91 Å². The zero-order chi connectivity index (χ0) is 20.1. The standard InChI is InChI=1S/C22H23N5OS/c1-17-13-24-27(14-17)12-4-10-23-22(28)18-6-8-20(9-7-18)29-16-19-15-26-11-3-2-5-21(26)25-19/h2-3,5-9,11,13-15H,4,10,12,16H2,1H3,(H,23,28). The summed E-state index contributed by atoms with van der Waals surface area (Å²) >= 11 is 1.71. The van der Waals surface area contributed by atoms with Gasteiger partial charge in [-0.3, -0.25) is 9.48 Å². The van der Waals surface area contributed by atoms with Crippen LogP contribution in [0.4, 0.5) is 0 Å². The van der Waals surface area contributed by atoms with E-state index < -0.39 is 0 Å². The molecular formula is C22H23N5OS. The molecule has 0 fully saturated rings. The van der Waals surface area contributed by atoms with Crippen molar-refractivity contribution in [2.24, 2.45) is 0 Å². The average Bonchev–Trinajstić information content (AvgIpc) is 3.35. The molecule has 0 unspecified atom stereocenters. The number of nitrogens with one attached hydrogen (secondary N) is 1. The van der Waals surface area contributed by atoms with E-state index in [0.717, 1.165) is 40.5 Å². The quantitative estimate of drug-likeness (QED) is 0.356. The van der Waals surface area contributed by atoms with Gasteiger partial charge in [0.15, 0.2) is 0 Å². The number of aromatic nitrogens is 4. The van der Waals surface area contributed by atoms with Crippen molar-refractivity contribution in [3.05, 3.63) is 84.1 Å². The highest BCUT2D eigenvalue weighted by Gasteiger charge is 2.06. The number of rotatable bonds is 8. The number of hydrogen-bond donors (Lipinski definition) is 1. The molecule has 29 heavy (non-hydrogen) atoms. The van der Waals surface area contributed by atoms with Crippen LogP contribution in [0.25, 0.3) is 5.65 Å². The fourth-order valence-corrected chi connectivity index (χ4v) is 3.83. The third-order valence-electron chi connectivity index (χ3n) is 4.53. The molecule has 3 aromatic heterocycles. The molecule has 0 aliphatic rings. The number of thioether (sulfide) groups is 1. The van der Waals surface area contributed by atoms with Crippen molar-refractivity contribution >= 4 is 23.3 Å². The molecular weight excluding hydrogens is 382 g/mol. The number of fused-ring (bicyclic) bond motifs is 1. The first kappa shape index (κ1) is 19.3. The molecule has 0 bridgehead atoms. The molecule has 0 atom stereocenters. The minimum absolute atomic E-state index is 0.0430.